The molecular formula is C27H27F4NO2. The molecule has 0 heterocycles. The molecule has 0 N–H and O–H groups in total. The second kappa shape index (κ2) is 10.2. The number of carbonyl (C=O) groups excluding carboxylic acids is 1. The van der Waals surface area contributed by atoms with Crippen molar-refractivity contribution in [1.29, 1.82) is 5.26 Å². The highest BCUT2D eigenvalue weighted by Crippen LogP contribution is 2.49. The molecule has 2 aromatic rings. The van der Waals surface area contributed by atoms with E-state index >= 15 is 8.78 Å². The Morgan fingerprint density at radius 3 is 2.18 bits per heavy atom. The molecule has 180 valence electrons. The predicted molar refractivity (Wildman–Crippen MR) is 118 cm³/mol. The number of esters is 1. The number of rotatable bonds is 5. The largest absolute Gasteiger partial charge is 0.423 e. The average molecular weight is 474 g/mol. The van der Waals surface area contributed by atoms with Crippen LogP contribution >= 0.6 is 0 Å². The minimum absolute atomic E-state index is 0.00106. The number of hydrogen-bond donors (Lipinski definition) is 0. The first-order valence-corrected chi connectivity index (χ1v) is 11.9. The Bertz CT molecular complexity index is 1080. The fourth-order valence-corrected chi connectivity index (χ4v) is 5.89. The van der Waals surface area contributed by atoms with E-state index in [0.29, 0.717) is 30.4 Å². The molecular weight excluding hydrogens is 446 g/mol. The lowest BCUT2D eigenvalue weighted by Crippen LogP contribution is -2.31. The summed E-state index contributed by atoms with van der Waals surface area (Å²) in [6.45, 7) is 2.20. The number of ether oxygens (including phenoxy) is 1. The van der Waals surface area contributed by atoms with Gasteiger partial charge in [0, 0.05) is 17.7 Å². The molecule has 2 saturated carbocycles. The van der Waals surface area contributed by atoms with Gasteiger partial charge in [0.05, 0.1) is 5.56 Å². The summed E-state index contributed by atoms with van der Waals surface area (Å²) in [7, 11) is 0. The molecule has 7 heteroatoms. The van der Waals surface area contributed by atoms with Crippen molar-refractivity contribution >= 4 is 5.97 Å². The van der Waals surface area contributed by atoms with Gasteiger partial charge in [-0.3, -0.25) is 0 Å². The summed E-state index contributed by atoms with van der Waals surface area (Å²) >= 11 is 0. The van der Waals surface area contributed by atoms with E-state index < -0.39 is 46.1 Å². The van der Waals surface area contributed by atoms with Gasteiger partial charge < -0.3 is 4.74 Å². The molecule has 4 atom stereocenters. The number of carbonyl (C=O) groups is 1. The maximum absolute atomic E-state index is 15.0. The van der Waals surface area contributed by atoms with Crippen LogP contribution in [0.5, 0.6) is 5.75 Å². The third-order valence-corrected chi connectivity index (χ3v) is 7.48. The van der Waals surface area contributed by atoms with E-state index in [2.05, 4.69) is 6.92 Å². The normalized spacial score (nSPS) is 24.2. The first kappa shape index (κ1) is 24.3. The van der Waals surface area contributed by atoms with Gasteiger partial charge in [0.15, 0.2) is 0 Å². The standard InChI is InChI=1S/C27H27F4NO2/c1-2-3-15-4-5-17-9-18(7-6-16(17)8-15)26-24(30)10-19(11-25(26)31)27(33)34-20-12-22(28)21(14-32)23(29)13-20/h10-13,15-18H,2-9H2,1H3. The summed E-state index contributed by atoms with van der Waals surface area (Å²) in [5.41, 5.74) is -1.20. The van der Waals surface area contributed by atoms with Crippen LogP contribution in [-0.4, -0.2) is 5.97 Å². The van der Waals surface area contributed by atoms with E-state index in [1.807, 2.05) is 0 Å². The lowest BCUT2D eigenvalue weighted by Gasteiger charge is -2.42. The van der Waals surface area contributed by atoms with Gasteiger partial charge in [-0.2, -0.15) is 5.26 Å². The number of fused-ring (bicyclic) bond motifs is 1. The summed E-state index contributed by atoms with van der Waals surface area (Å²) in [4.78, 5) is 12.4. The molecule has 34 heavy (non-hydrogen) atoms. The minimum Gasteiger partial charge on any atom is -0.423 e. The lowest BCUT2D eigenvalue weighted by atomic mass is 9.63. The van der Waals surface area contributed by atoms with Gasteiger partial charge in [-0.15, -0.1) is 0 Å². The first-order chi connectivity index (χ1) is 16.3. The molecule has 0 amide bonds. The number of nitriles is 1. The second-order valence-corrected chi connectivity index (χ2v) is 9.61. The minimum atomic E-state index is -1.20. The zero-order valence-electron chi connectivity index (χ0n) is 19.1. The van der Waals surface area contributed by atoms with Gasteiger partial charge in [-0.25, -0.2) is 22.4 Å². The highest BCUT2D eigenvalue weighted by Gasteiger charge is 2.37. The molecule has 0 aliphatic heterocycles. The Kier molecular flexibility index (Phi) is 7.25. The molecule has 0 saturated heterocycles. The fraction of sp³-hybridized carbons (Fsp3) is 0.481. The van der Waals surface area contributed by atoms with Crippen LogP contribution in [0.25, 0.3) is 0 Å². The van der Waals surface area contributed by atoms with E-state index in [-0.39, 0.29) is 11.5 Å². The molecule has 0 radical (unpaired) electrons. The SMILES string of the molecule is CCCC1CCC2CC(c3c(F)cc(C(=O)Oc4cc(F)c(C#N)c(F)c4)cc3F)CCC2C1. The van der Waals surface area contributed by atoms with Crippen LogP contribution in [0.15, 0.2) is 24.3 Å². The third-order valence-electron chi connectivity index (χ3n) is 7.48. The predicted octanol–water partition coefficient (Wildman–Crippen LogP) is 7.43. The summed E-state index contributed by atoms with van der Waals surface area (Å²) in [6.07, 6.45) is 8.31. The van der Waals surface area contributed by atoms with Gasteiger partial charge in [0.25, 0.3) is 0 Å². The van der Waals surface area contributed by atoms with Gasteiger partial charge in [0.2, 0.25) is 0 Å². The van der Waals surface area contributed by atoms with E-state index in [1.54, 1.807) is 0 Å². The van der Waals surface area contributed by atoms with Crippen LogP contribution < -0.4 is 4.74 Å². The van der Waals surface area contributed by atoms with E-state index in [1.165, 1.54) is 31.8 Å². The summed E-state index contributed by atoms with van der Waals surface area (Å²) in [5, 5.41) is 8.72. The van der Waals surface area contributed by atoms with Crippen LogP contribution in [0.1, 0.15) is 85.7 Å². The number of nitrogens with zero attached hydrogens (tertiary/aromatic N) is 1. The molecule has 0 spiro atoms. The van der Waals surface area contributed by atoms with E-state index in [9.17, 15) is 13.6 Å². The summed E-state index contributed by atoms with van der Waals surface area (Å²) < 4.78 is 62.4. The Hall–Kier alpha value is -2.88. The lowest BCUT2D eigenvalue weighted by molar-refractivity contribution is 0.0732. The molecule has 3 nitrogen and oxygen atoms in total. The van der Waals surface area contributed by atoms with Crippen molar-refractivity contribution in [2.75, 3.05) is 0 Å². The second-order valence-electron chi connectivity index (χ2n) is 9.61. The highest BCUT2D eigenvalue weighted by atomic mass is 19.1. The first-order valence-electron chi connectivity index (χ1n) is 11.9. The van der Waals surface area contributed by atoms with Crippen molar-refractivity contribution in [3.63, 3.8) is 0 Å². The molecule has 0 bridgehead atoms. The highest BCUT2D eigenvalue weighted by molar-refractivity contribution is 5.91. The van der Waals surface area contributed by atoms with Crippen LogP contribution in [0, 0.1) is 52.4 Å². The summed E-state index contributed by atoms with van der Waals surface area (Å²) in [5.74, 6) is -4.05. The summed E-state index contributed by atoms with van der Waals surface area (Å²) in [6, 6.07) is 4.55. The van der Waals surface area contributed by atoms with Crippen molar-refractivity contribution in [1.82, 2.24) is 0 Å². The average Bonchev–Trinajstić information content (AvgIpc) is 2.78. The van der Waals surface area contributed by atoms with Crippen molar-refractivity contribution in [3.8, 4) is 11.8 Å². The van der Waals surface area contributed by atoms with Crippen molar-refractivity contribution in [3.05, 3.63) is 64.2 Å². The smallest absolute Gasteiger partial charge is 0.343 e. The molecule has 4 rings (SSSR count). The molecule has 2 aromatic carbocycles. The molecule has 0 aromatic heterocycles. The topological polar surface area (TPSA) is 50.1 Å². The molecule has 2 aliphatic rings. The van der Waals surface area contributed by atoms with Crippen LogP contribution in [0.3, 0.4) is 0 Å². The maximum Gasteiger partial charge on any atom is 0.343 e. The zero-order valence-corrected chi connectivity index (χ0v) is 19.1. The number of benzene rings is 2. The molecule has 4 unspecified atom stereocenters. The van der Waals surface area contributed by atoms with Gasteiger partial charge in [-0.05, 0) is 67.9 Å². The monoisotopic (exact) mass is 473 g/mol. The van der Waals surface area contributed by atoms with Gasteiger partial charge in [-0.1, -0.05) is 26.2 Å². The Balaban J connectivity index is 1.47. The Morgan fingerprint density at radius 2 is 1.56 bits per heavy atom. The third kappa shape index (κ3) is 4.96. The van der Waals surface area contributed by atoms with E-state index in [4.69, 9.17) is 10.00 Å². The van der Waals surface area contributed by atoms with Crippen LogP contribution in [0.4, 0.5) is 17.6 Å². The number of halogens is 4. The van der Waals surface area contributed by atoms with Crippen molar-refractivity contribution in [2.24, 2.45) is 17.8 Å². The van der Waals surface area contributed by atoms with Crippen LogP contribution in [0.2, 0.25) is 0 Å². The van der Waals surface area contributed by atoms with E-state index in [0.717, 1.165) is 37.3 Å². The van der Waals surface area contributed by atoms with Crippen LogP contribution in [-0.2, 0) is 0 Å². The number of hydrogen-bond acceptors (Lipinski definition) is 3. The Labute approximate surface area is 196 Å². The van der Waals surface area contributed by atoms with Gasteiger partial charge >= 0.3 is 5.97 Å². The quantitative estimate of drug-likeness (QED) is 0.258. The Morgan fingerprint density at radius 1 is 0.941 bits per heavy atom. The van der Waals surface area contributed by atoms with Crippen molar-refractivity contribution in [2.45, 2.75) is 64.2 Å². The molecule has 2 aliphatic carbocycles. The zero-order chi connectivity index (χ0) is 24.4. The fourth-order valence-electron chi connectivity index (χ4n) is 5.89. The van der Waals surface area contributed by atoms with Gasteiger partial charge in [0.1, 0.15) is 40.7 Å². The van der Waals surface area contributed by atoms with Crippen molar-refractivity contribution < 1.29 is 27.1 Å². The maximum atomic E-state index is 15.0. The molecule has 2 fully saturated rings.